The van der Waals surface area contributed by atoms with Crippen molar-refractivity contribution in [3.8, 4) is 12.3 Å². The van der Waals surface area contributed by atoms with Crippen LogP contribution < -0.4 is 5.32 Å². The van der Waals surface area contributed by atoms with Gasteiger partial charge in [-0.05, 0) is 30.5 Å². The van der Waals surface area contributed by atoms with Crippen molar-refractivity contribution in [2.45, 2.75) is 30.3 Å². The van der Waals surface area contributed by atoms with Crippen molar-refractivity contribution in [2.75, 3.05) is 25.9 Å². The summed E-state index contributed by atoms with van der Waals surface area (Å²) >= 11 is 0. The zero-order chi connectivity index (χ0) is 15.3. The lowest BCUT2D eigenvalue weighted by atomic mass is 10.0. The van der Waals surface area contributed by atoms with Gasteiger partial charge in [-0.15, -0.1) is 6.42 Å². The second kappa shape index (κ2) is 7.08. The number of hydrogen-bond donors (Lipinski definition) is 1. The monoisotopic (exact) mass is 306 g/mol. The Labute approximate surface area is 127 Å². The molecule has 2 rings (SSSR count). The van der Waals surface area contributed by atoms with E-state index in [1.165, 1.54) is 6.26 Å². The maximum atomic E-state index is 11.4. The minimum Gasteiger partial charge on any atom is -0.310 e. The maximum absolute atomic E-state index is 11.4. The lowest BCUT2D eigenvalue weighted by Gasteiger charge is -2.31. The van der Waals surface area contributed by atoms with Gasteiger partial charge in [0, 0.05) is 31.9 Å². The number of terminal acetylenes is 1. The third-order valence-corrected chi connectivity index (χ3v) is 4.98. The second-order valence-corrected chi connectivity index (χ2v) is 7.57. The molecule has 0 unspecified atom stereocenters. The number of likely N-dealkylation sites (tertiary alicyclic amines) is 1. The summed E-state index contributed by atoms with van der Waals surface area (Å²) in [7, 11) is -3.11. The lowest BCUT2D eigenvalue weighted by molar-refractivity contribution is 0.217. The fourth-order valence-corrected chi connectivity index (χ4v) is 3.17. The predicted molar refractivity (Wildman–Crippen MR) is 84.7 cm³/mol. The maximum Gasteiger partial charge on any atom is 0.175 e. The molecule has 1 aliphatic heterocycles. The van der Waals surface area contributed by atoms with Gasteiger partial charge in [0.15, 0.2) is 9.84 Å². The first-order valence-corrected chi connectivity index (χ1v) is 9.06. The molecular weight excluding hydrogens is 284 g/mol. The van der Waals surface area contributed by atoms with Crippen LogP contribution in [0.2, 0.25) is 0 Å². The molecular formula is C16H22N2O2S. The number of rotatable bonds is 5. The molecule has 21 heavy (non-hydrogen) atoms. The van der Waals surface area contributed by atoms with Gasteiger partial charge in [0.2, 0.25) is 0 Å². The van der Waals surface area contributed by atoms with E-state index in [1.807, 2.05) is 12.1 Å². The fraction of sp³-hybridized carbons (Fsp3) is 0.500. The van der Waals surface area contributed by atoms with Gasteiger partial charge in [0.05, 0.1) is 11.4 Å². The van der Waals surface area contributed by atoms with Gasteiger partial charge in [-0.2, -0.15) is 0 Å². The predicted octanol–water partition coefficient (Wildman–Crippen LogP) is 1.28. The summed E-state index contributed by atoms with van der Waals surface area (Å²) in [4.78, 5) is 2.66. The lowest BCUT2D eigenvalue weighted by Crippen LogP contribution is -2.42. The number of hydrogen-bond acceptors (Lipinski definition) is 4. The van der Waals surface area contributed by atoms with Crippen molar-refractivity contribution in [1.29, 1.82) is 0 Å². The first kappa shape index (κ1) is 16.0. The van der Waals surface area contributed by atoms with E-state index in [-0.39, 0.29) is 0 Å². The fourth-order valence-electron chi connectivity index (χ4n) is 2.54. The Morgan fingerprint density at radius 3 is 2.43 bits per heavy atom. The standard InChI is InChI=1S/C16H22N2O2S/c1-3-10-18-11-8-15(9-12-18)17-13-14-4-6-16(7-5-14)21(2,19)20/h1,4-7,15,17H,8-13H2,2H3. The number of benzene rings is 1. The number of sulfone groups is 1. The summed E-state index contributed by atoms with van der Waals surface area (Å²) in [5.41, 5.74) is 1.11. The van der Waals surface area contributed by atoms with Crippen LogP contribution in [0.5, 0.6) is 0 Å². The summed E-state index contributed by atoms with van der Waals surface area (Å²) < 4.78 is 22.8. The zero-order valence-corrected chi connectivity index (χ0v) is 13.2. The third-order valence-electron chi connectivity index (χ3n) is 3.85. The van der Waals surface area contributed by atoms with E-state index in [0.29, 0.717) is 10.9 Å². The zero-order valence-electron chi connectivity index (χ0n) is 12.4. The Bertz CT molecular complexity index is 594. The molecule has 0 saturated carbocycles. The third kappa shape index (κ3) is 4.85. The van der Waals surface area contributed by atoms with Crippen LogP contribution in [0.1, 0.15) is 18.4 Å². The van der Waals surface area contributed by atoms with Crippen LogP contribution in [0, 0.1) is 12.3 Å². The summed E-state index contributed by atoms with van der Waals surface area (Å²) in [6.45, 7) is 3.58. The van der Waals surface area contributed by atoms with Crippen LogP contribution in [-0.4, -0.2) is 45.2 Å². The molecule has 1 aliphatic rings. The Morgan fingerprint density at radius 1 is 1.29 bits per heavy atom. The largest absolute Gasteiger partial charge is 0.310 e. The van der Waals surface area contributed by atoms with E-state index in [1.54, 1.807) is 12.1 Å². The molecule has 1 saturated heterocycles. The molecule has 1 aromatic rings. The Hall–Kier alpha value is -1.35. The van der Waals surface area contributed by atoms with Gasteiger partial charge < -0.3 is 5.32 Å². The van der Waals surface area contributed by atoms with Gasteiger partial charge in [-0.25, -0.2) is 8.42 Å². The minimum atomic E-state index is -3.11. The van der Waals surface area contributed by atoms with E-state index < -0.39 is 9.84 Å². The first-order valence-electron chi connectivity index (χ1n) is 7.17. The van der Waals surface area contributed by atoms with Crippen molar-refractivity contribution in [3.05, 3.63) is 29.8 Å². The molecule has 4 nitrogen and oxygen atoms in total. The molecule has 0 atom stereocenters. The van der Waals surface area contributed by atoms with Gasteiger partial charge in [0.1, 0.15) is 0 Å². The Morgan fingerprint density at radius 2 is 1.90 bits per heavy atom. The molecule has 5 heteroatoms. The molecule has 1 aromatic carbocycles. The molecule has 0 spiro atoms. The molecule has 1 fully saturated rings. The van der Waals surface area contributed by atoms with E-state index in [0.717, 1.165) is 44.6 Å². The van der Waals surface area contributed by atoms with E-state index in [2.05, 4.69) is 16.1 Å². The molecule has 1 heterocycles. The summed E-state index contributed by atoms with van der Waals surface area (Å²) in [6, 6.07) is 7.59. The van der Waals surface area contributed by atoms with Crippen LogP contribution in [0.15, 0.2) is 29.2 Å². The highest BCUT2D eigenvalue weighted by molar-refractivity contribution is 7.90. The van der Waals surface area contributed by atoms with Crippen LogP contribution >= 0.6 is 0 Å². The molecule has 0 aliphatic carbocycles. The second-order valence-electron chi connectivity index (χ2n) is 5.55. The summed E-state index contributed by atoms with van der Waals surface area (Å²) in [5, 5.41) is 3.53. The van der Waals surface area contributed by atoms with E-state index >= 15 is 0 Å². The average Bonchev–Trinajstić information content (AvgIpc) is 2.46. The van der Waals surface area contributed by atoms with E-state index in [9.17, 15) is 8.42 Å². The molecule has 0 radical (unpaired) electrons. The topological polar surface area (TPSA) is 49.4 Å². The molecule has 0 bridgehead atoms. The Kier molecular flexibility index (Phi) is 5.40. The average molecular weight is 306 g/mol. The molecule has 1 N–H and O–H groups in total. The summed E-state index contributed by atoms with van der Waals surface area (Å²) in [5.74, 6) is 2.68. The number of piperidine rings is 1. The van der Waals surface area contributed by atoms with Gasteiger partial charge in [-0.3, -0.25) is 4.90 Å². The van der Waals surface area contributed by atoms with Gasteiger partial charge in [-0.1, -0.05) is 18.1 Å². The van der Waals surface area contributed by atoms with Crippen molar-refractivity contribution in [3.63, 3.8) is 0 Å². The van der Waals surface area contributed by atoms with Crippen LogP contribution in [0.3, 0.4) is 0 Å². The SMILES string of the molecule is C#CCN1CCC(NCc2ccc(S(C)(=O)=O)cc2)CC1. The normalized spacial score (nSPS) is 17.5. The van der Waals surface area contributed by atoms with Crippen molar-refractivity contribution < 1.29 is 8.42 Å². The van der Waals surface area contributed by atoms with Crippen LogP contribution in [-0.2, 0) is 16.4 Å². The highest BCUT2D eigenvalue weighted by Gasteiger charge is 2.17. The number of nitrogens with one attached hydrogen (secondary N) is 1. The smallest absolute Gasteiger partial charge is 0.175 e. The van der Waals surface area contributed by atoms with Crippen LogP contribution in [0.25, 0.3) is 0 Å². The Balaban J connectivity index is 1.80. The quantitative estimate of drug-likeness (QED) is 0.833. The van der Waals surface area contributed by atoms with Gasteiger partial charge >= 0.3 is 0 Å². The van der Waals surface area contributed by atoms with Gasteiger partial charge in [0.25, 0.3) is 0 Å². The highest BCUT2D eigenvalue weighted by Crippen LogP contribution is 2.13. The molecule has 0 amide bonds. The van der Waals surface area contributed by atoms with Crippen molar-refractivity contribution in [1.82, 2.24) is 10.2 Å². The summed E-state index contributed by atoms with van der Waals surface area (Å²) in [6.07, 6.45) is 8.75. The minimum absolute atomic E-state index is 0.369. The van der Waals surface area contributed by atoms with Crippen molar-refractivity contribution >= 4 is 9.84 Å². The van der Waals surface area contributed by atoms with Crippen LogP contribution in [0.4, 0.5) is 0 Å². The highest BCUT2D eigenvalue weighted by atomic mass is 32.2. The number of nitrogens with zero attached hydrogens (tertiary/aromatic N) is 1. The molecule has 114 valence electrons. The molecule has 0 aromatic heterocycles. The first-order chi connectivity index (χ1) is 9.99. The van der Waals surface area contributed by atoms with E-state index in [4.69, 9.17) is 6.42 Å². The van der Waals surface area contributed by atoms with Crippen molar-refractivity contribution in [2.24, 2.45) is 0 Å².